The van der Waals surface area contributed by atoms with Gasteiger partial charge >= 0.3 is 0 Å². The number of H-pyrrole nitrogens is 2. The van der Waals surface area contributed by atoms with Gasteiger partial charge in [0.05, 0.1) is 6.20 Å². The van der Waals surface area contributed by atoms with Gasteiger partial charge in [-0.3, -0.25) is 0 Å². The Hall–Kier alpha value is -3.82. The standard InChI is InChI=1S/C24H24F2N8/c25-18-11-15-9-17(10-16(15)12-19(18)26)31-24-29-4-1-20(32-24)23-30-13-21(33-23)34-7-2-14(3-8-34)22-27-5-6-28-22/h1,4-6,11-14,17H,2-3,7-10H2,(H,27,28)(H,30,33)(H,29,31,32). The molecule has 4 aromatic rings. The Morgan fingerprint density at radius 3 is 2.44 bits per heavy atom. The number of anilines is 2. The zero-order chi connectivity index (χ0) is 23.1. The lowest BCUT2D eigenvalue weighted by Crippen LogP contribution is -2.33. The van der Waals surface area contributed by atoms with E-state index >= 15 is 0 Å². The van der Waals surface area contributed by atoms with Crippen molar-refractivity contribution in [2.24, 2.45) is 0 Å². The number of hydrogen-bond acceptors (Lipinski definition) is 6. The summed E-state index contributed by atoms with van der Waals surface area (Å²) in [7, 11) is 0. The summed E-state index contributed by atoms with van der Waals surface area (Å²) >= 11 is 0. The Bertz CT molecular complexity index is 1260. The van der Waals surface area contributed by atoms with Crippen LogP contribution in [0.25, 0.3) is 11.5 Å². The molecule has 0 radical (unpaired) electrons. The van der Waals surface area contributed by atoms with Crippen molar-refractivity contribution in [1.82, 2.24) is 29.9 Å². The molecule has 0 saturated carbocycles. The molecular weight excluding hydrogens is 438 g/mol. The molecule has 1 saturated heterocycles. The van der Waals surface area contributed by atoms with Crippen LogP contribution in [0.1, 0.15) is 35.7 Å². The molecular formula is C24H24F2N8. The number of benzene rings is 1. The third-order valence-corrected chi connectivity index (χ3v) is 6.71. The van der Waals surface area contributed by atoms with Crippen LogP contribution in [0.5, 0.6) is 0 Å². The minimum Gasteiger partial charge on any atom is -0.357 e. The minimum absolute atomic E-state index is 0.0194. The van der Waals surface area contributed by atoms with Gasteiger partial charge in [0.2, 0.25) is 5.95 Å². The van der Waals surface area contributed by atoms with Gasteiger partial charge in [-0.25, -0.2) is 28.7 Å². The van der Waals surface area contributed by atoms with Crippen LogP contribution in [0.15, 0.2) is 43.0 Å². The molecule has 34 heavy (non-hydrogen) atoms. The summed E-state index contributed by atoms with van der Waals surface area (Å²) in [6, 6.07) is 4.36. The van der Waals surface area contributed by atoms with E-state index in [1.54, 1.807) is 12.4 Å². The highest BCUT2D eigenvalue weighted by atomic mass is 19.2. The van der Waals surface area contributed by atoms with Gasteiger partial charge in [-0.05, 0) is 55.0 Å². The van der Waals surface area contributed by atoms with Gasteiger partial charge in [0, 0.05) is 43.6 Å². The van der Waals surface area contributed by atoms with Crippen molar-refractivity contribution in [2.75, 3.05) is 23.3 Å². The zero-order valence-corrected chi connectivity index (χ0v) is 18.4. The van der Waals surface area contributed by atoms with Crippen LogP contribution in [0.2, 0.25) is 0 Å². The fourth-order valence-electron chi connectivity index (χ4n) is 4.95. The van der Waals surface area contributed by atoms with Crippen molar-refractivity contribution in [3.63, 3.8) is 0 Å². The molecule has 3 N–H and O–H groups in total. The van der Waals surface area contributed by atoms with Gasteiger partial charge in [0.25, 0.3) is 0 Å². The molecule has 0 amide bonds. The summed E-state index contributed by atoms with van der Waals surface area (Å²) in [5, 5.41) is 3.30. The van der Waals surface area contributed by atoms with E-state index in [2.05, 4.69) is 40.1 Å². The van der Waals surface area contributed by atoms with E-state index < -0.39 is 11.6 Å². The highest BCUT2D eigenvalue weighted by molar-refractivity contribution is 5.55. The lowest BCUT2D eigenvalue weighted by Gasteiger charge is -2.31. The van der Waals surface area contributed by atoms with Crippen LogP contribution in [0.4, 0.5) is 20.5 Å². The van der Waals surface area contributed by atoms with E-state index in [9.17, 15) is 8.78 Å². The van der Waals surface area contributed by atoms with Crippen molar-refractivity contribution in [3.05, 3.63) is 71.6 Å². The van der Waals surface area contributed by atoms with Gasteiger partial charge in [0.15, 0.2) is 17.5 Å². The third kappa shape index (κ3) is 4.00. The van der Waals surface area contributed by atoms with E-state index in [1.165, 1.54) is 12.1 Å². The monoisotopic (exact) mass is 462 g/mol. The topological polar surface area (TPSA) is 98.4 Å². The summed E-state index contributed by atoms with van der Waals surface area (Å²) in [6.45, 7) is 1.85. The number of nitrogens with zero attached hydrogens (tertiary/aromatic N) is 5. The third-order valence-electron chi connectivity index (χ3n) is 6.71. The summed E-state index contributed by atoms with van der Waals surface area (Å²) in [5.74, 6) is 2.01. The molecule has 10 heteroatoms. The fourth-order valence-corrected chi connectivity index (χ4v) is 4.95. The molecule has 1 aromatic carbocycles. The number of hydrogen-bond donors (Lipinski definition) is 3. The maximum absolute atomic E-state index is 13.6. The van der Waals surface area contributed by atoms with Crippen molar-refractivity contribution >= 4 is 11.8 Å². The number of rotatable bonds is 5. The first kappa shape index (κ1) is 20.8. The minimum atomic E-state index is -0.809. The van der Waals surface area contributed by atoms with Crippen LogP contribution in [-0.2, 0) is 12.8 Å². The largest absolute Gasteiger partial charge is 0.357 e. The summed E-state index contributed by atoms with van der Waals surface area (Å²) in [6.07, 6.45) is 10.5. The van der Waals surface area contributed by atoms with E-state index in [1.807, 2.05) is 18.5 Å². The van der Waals surface area contributed by atoms with Crippen molar-refractivity contribution < 1.29 is 8.78 Å². The van der Waals surface area contributed by atoms with Gasteiger partial charge in [-0.2, -0.15) is 0 Å². The molecule has 4 heterocycles. The predicted molar refractivity (Wildman–Crippen MR) is 124 cm³/mol. The molecule has 0 unspecified atom stereocenters. The summed E-state index contributed by atoms with van der Waals surface area (Å²) in [5.41, 5.74) is 2.32. The quantitative estimate of drug-likeness (QED) is 0.417. The van der Waals surface area contributed by atoms with Gasteiger partial charge in [-0.1, -0.05) is 0 Å². The molecule has 1 aliphatic carbocycles. The molecule has 6 rings (SSSR count). The zero-order valence-electron chi connectivity index (χ0n) is 18.4. The van der Waals surface area contributed by atoms with Crippen LogP contribution in [-0.4, -0.2) is 49.0 Å². The van der Waals surface area contributed by atoms with Gasteiger partial charge < -0.3 is 20.2 Å². The fraction of sp³-hybridized carbons (Fsp3) is 0.333. The number of imidazole rings is 2. The number of nitrogens with one attached hydrogen (secondary N) is 3. The molecule has 8 nitrogen and oxygen atoms in total. The Morgan fingerprint density at radius 1 is 0.971 bits per heavy atom. The first-order chi connectivity index (χ1) is 16.6. The van der Waals surface area contributed by atoms with Crippen LogP contribution >= 0.6 is 0 Å². The molecule has 0 bridgehead atoms. The second kappa shape index (κ2) is 8.51. The van der Waals surface area contributed by atoms with Crippen molar-refractivity contribution in [3.8, 4) is 11.5 Å². The van der Waals surface area contributed by atoms with E-state index in [0.717, 1.165) is 48.7 Å². The van der Waals surface area contributed by atoms with Crippen LogP contribution < -0.4 is 10.2 Å². The summed E-state index contributed by atoms with van der Waals surface area (Å²) < 4.78 is 27.1. The predicted octanol–water partition coefficient (Wildman–Crippen LogP) is 3.83. The Labute approximate surface area is 194 Å². The average molecular weight is 463 g/mol. The average Bonchev–Trinajstić information content (AvgIpc) is 3.61. The van der Waals surface area contributed by atoms with Gasteiger partial charge in [0.1, 0.15) is 17.3 Å². The first-order valence-electron chi connectivity index (χ1n) is 11.5. The normalized spacial score (nSPS) is 16.7. The Balaban J connectivity index is 1.11. The SMILES string of the molecule is Fc1cc2c(cc1F)CC(Nc1nccc(-c3ncc(N4CCC(c5ncc[nH]5)CC4)[nH]3)n1)C2. The van der Waals surface area contributed by atoms with Crippen LogP contribution in [0.3, 0.4) is 0 Å². The lowest BCUT2D eigenvalue weighted by atomic mass is 9.96. The number of halogens is 2. The summed E-state index contributed by atoms with van der Waals surface area (Å²) in [4.78, 5) is 26.8. The second-order valence-corrected chi connectivity index (χ2v) is 8.90. The number of fused-ring (bicyclic) bond motifs is 1. The van der Waals surface area contributed by atoms with Gasteiger partial charge in [-0.15, -0.1) is 0 Å². The first-order valence-corrected chi connectivity index (χ1v) is 11.5. The smallest absolute Gasteiger partial charge is 0.223 e. The highest BCUT2D eigenvalue weighted by Crippen LogP contribution is 2.29. The molecule has 2 aliphatic rings. The van der Waals surface area contributed by atoms with E-state index in [-0.39, 0.29) is 6.04 Å². The Kier molecular flexibility index (Phi) is 5.20. The molecule has 0 spiro atoms. The second-order valence-electron chi connectivity index (χ2n) is 8.90. The van der Waals surface area contributed by atoms with Crippen molar-refractivity contribution in [2.45, 2.75) is 37.6 Å². The highest BCUT2D eigenvalue weighted by Gasteiger charge is 2.25. The molecule has 174 valence electrons. The molecule has 1 aliphatic heterocycles. The maximum Gasteiger partial charge on any atom is 0.223 e. The van der Waals surface area contributed by atoms with E-state index in [0.29, 0.717) is 36.2 Å². The number of piperidine rings is 1. The van der Waals surface area contributed by atoms with E-state index in [4.69, 9.17) is 0 Å². The number of aromatic nitrogens is 6. The number of aromatic amines is 2. The van der Waals surface area contributed by atoms with Crippen molar-refractivity contribution in [1.29, 1.82) is 0 Å². The maximum atomic E-state index is 13.6. The van der Waals surface area contributed by atoms with Crippen LogP contribution in [0, 0.1) is 11.6 Å². The molecule has 3 aromatic heterocycles. The molecule has 0 atom stereocenters. The lowest BCUT2D eigenvalue weighted by molar-refractivity contribution is 0.487. The Morgan fingerprint density at radius 2 is 1.74 bits per heavy atom. The molecule has 1 fully saturated rings.